The minimum atomic E-state index is -0.117. The maximum absolute atomic E-state index is 12.4. The molecule has 0 radical (unpaired) electrons. The fourth-order valence-electron chi connectivity index (χ4n) is 3.64. The standard InChI is InChI=1S/C24H24N2O3/c1-15(19-11-20-16(2)14-29-23(20)12-22(19)28-3)10-24(27)25-9-8-17-13-26-21-7-5-4-6-18(17)21/h4-7,10-14,26H,8-9H2,1-3H3,(H,25,27)/b15-10+. The fraction of sp³-hybridized carbons (Fsp3) is 0.208. The second kappa shape index (κ2) is 7.87. The number of furan rings is 1. The van der Waals surface area contributed by atoms with Crippen molar-refractivity contribution in [1.82, 2.24) is 10.3 Å². The first-order valence-corrected chi connectivity index (χ1v) is 9.64. The van der Waals surface area contributed by atoms with Crippen molar-refractivity contribution in [3.63, 3.8) is 0 Å². The van der Waals surface area contributed by atoms with Gasteiger partial charge >= 0.3 is 0 Å². The number of rotatable bonds is 6. The number of nitrogens with one attached hydrogen (secondary N) is 2. The molecule has 5 nitrogen and oxygen atoms in total. The van der Waals surface area contributed by atoms with Gasteiger partial charge in [0.05, 0.1) is 13.4 Å². The highest BCUT2D eigenvalue weighted by molar-refractivity contribution is 5.97. The predicted octanol–water partition coefficient (Wildman–Crippen LogP) is 4.99. The van der Waals surface area contributed by atoms with Crippen molar-refractivity contribution in [2.45, 2.75) is 20.3 Å². The van der Waals surface area contributed by atoms with E-state index in [4.69, 9.17) is 9.15 Å². The molecule has 2 aromatic carbocycles. The summed E-state index contributed by atoms with van der Waals surface area (Å²) in [6.45, 7) is 4.48. The molecular formula is C24H24N2O3. The number of fused-ring (bicyclic) bond motifs is 2. The van der Waals surface area contributed by atoms with E-state index >= 15 is 0 Å². The number of aromatic nitrogens is 1. The Morgan fingerprint density at radius 1 is 1.24 bits per heavy atom. The summed E-state index contributed by atoms with van der Waals surface area (Å²) in [6, 6.07) is 12.1. The second-order valence-corrected chi connectivity index (χ2v) is 7.20. The Kier molecular flexibility index (Phi) is 5.12. The molecule has 0 saturated carbocycles. The molecule has 4 rings (SSSR count). The molecule has 0 atom stereocenters. The van der Waals surface area contributed by atoms with Crippen LogP contribution < -0.4 is 10.1 Å². The van der Waals surface area contributed by atoms with Crippen LogP contribution in [0, 0.1) is 6.92 Å². The smallest absolute Gasteiger partial charge is 0.244 e. The highest BCUT2D eigenvalue weighted by atomic mass is 16.5. The number of para-hydroxylation sites is 1. The molecule has 0 saturated heterocycles. The van der Waals surface area contributed by atoms with Crippen molar-refractivity contribution in [2.75, 3.05) is 13.7 Å². The number of aryl methyl sites for hydroxylation is 1. The number of hydrogen-bond donors (Lipinski definition) is 2. The third-order valence-electron chi connectivity index (χ3n) is 5.23. The first-order chi connectivity index (χ1) is 14.1. The third-order valence-corrected chi connectivity index (χ3v) is 5.23. The summed E-state index contributed by atoms with van der Waals surface area (Å²) >= 11 is 0. The van der Waals surface area contributed by atoms with Crippen molar-refractivity contribution in [3.05, 3.63) is 71.6 Å². The highest BCUT2D eigenvalue weighted by Gasteiger charge is 2.12. The summed E-state index contributed by atoms with van der Waals surface area (Å²) in [5.74, 6) is 0.570. The number of amides is 1. The lowest BCUT2D eigenvalue weighted by Gasteiger charge is -2.10. The van der Waals surface area contributed by atoms with Crippen LogP contribution in [-0.4, -0.2) is 24.5 Å². The summed E-state index contributed by atoms with van der Waals surface area (Å²) in [4.78, 5) is 15.7. The molecule has 0 bridgehead atoms. The molecular weight excluding hydrogens is 364 g/mol. The van der Waals surface area contributed by atoms with Crippen LogP contribution in [0.3, 0.4) is 0 Å². The molecule has 0 aliphatic carbocycles. The van der Waals surface area contributed by atoms with Crippen molar-refractivity contribution in [2.24, 2.45) is 0 Å². The van der Waals surface area contributed by atoms with Gasteiger partial charge in [0.15, 0.2) is 0 Å². The number of allylic oxidation sites excluding steroid dienone is 1. The summed E-state index contributed by atoms with van der Waals surface area (Å²) in [5, 5.41) is 5.20. The highest BCUT2D eigenvalue weighted by Crippen LogP contribution is 2.33. The zero-order valence-corrected chi connectivity index (χ0v) is 16.8. The molecule has 0 fully saturated rings. The molecule has 148 valence electrons. The summed E-state index contributed by atoms with van der Waals surface area (Å²) in [5.41, 5.74) is 5.87. The Balaban J connectivity index is 1.46. The number of carbonyl (C=O) groups excluding carboxylic acids is 1. The van der Waals surface area contributed by atoms with Crippen molar-refractivity contribution < 1.29 is 13.9 Å². The van der Waals surface area contributed by atoms with Crippen molar-refractivity contribution >= 4 is 33.4 Å². The molecule has 0 unspecified atom stereocenters. The lowest BCUT2D eigenvalue weighted by molar-refractivity contribution is -0.116. The molecule has 0 aliphatic heterocycles. The zero-order chi connectivity index (χ0) is 20.4. The summed E-state index contributed by atoms with van der Waals surface area (Å²) in [6.07, 6.45) is 6.12. The normalized spacial score (nSPS) is 11.9. The molecule has 0 spiro atoms. The molecule has 5 heteroatoms. The average molecular weight is 388 g/mol. The van der Waals surface area contributed by atoms with Crippen LogP contribution in [0.1, 0.15) is 23.6 Å². The van der Waals surface area contributed by atoms with Crippen LogP contribution in [0.2, 0.25) is 0 Å². The van der Waals surface area contributed by atoms with Gasteiger partial charge in [0.1, 0.15) is 11.3 Å². The quantitative estimate of drug-likeness (QED) is 0.457. The van der Waals surface area contributed by atoms with Gasteiger partial charge in [0.25, 0.3) is 0 Å². The summed E-state index contributed by atoms with van der Waals surface area (Å²) < 4.78 is 11.0. The lowest BCUT2D eigenvalue weighted by atomic mass is 10.0. The van der Waals surface area contributed by atoms with Gasteiger partial charge in [-0.1, -0.05) is 18.2 Å². The molecule has 2 N–H and O–H groups in total. The Labute approximate surface area is 169 Å². The van der Waals surface area contributed by atoms with E-state index in [0.717, 1.165) is 39.6 Å². The number of hydrogen-bond acceptors (Lipinski definition) is 3. The number of carbonyl (C=O) groups is 1. The number of H-pyrrole nitrogens is 1. The van der Waals surface area contributed by atoms with E-state index < -0.39 is 0 Å². The lowest BCUT2D eigenvalue weighted by Crippen LogP contribution is -2.23. The molecule has 29 heavy (non-hydrogen) atoms. The Bertz CT molecular complexity index is 1210. The van der Waals surface area contributed by atoms with Crippen LogP contribution in [0.5, 0.6) is 5.75 Å². The SMILES string of the molecule is COc1cc2occ(C)c2cc1/C(C)=C/C(=O)NCCc1c[nH]c2ccccc12. The first kappa shape index (κ1) is 18.9. The molecule has 2 aromatic heterocycles. The van der Waals surface area contributed by atoms with Gasteiger partial charge in [-0.25, -0.2) is 0 Å². The van der Waals surface area contributed by atoms with E-state index in [9.17, 15) is 4.79 Å². The topological polar surface area (TPSA) is 67.3 Å². The van der Waals surface area contributed by atoms with Gasteiger partial charge in [0, 0.05) is 46.7 Å². The van der Waals surface area contributed by atoms with Crippen LogP contribution >= 0.6 is 0 Å². The van der Waals surface area contributed by atoms with E-state index in [1.54, 1.807) is 19.4 Å². The zero-order valence-electron chi connectivity index (χ0n) is 16.8. The average Bonchev–Trinajstić information content (AvgIpc) is 3.30. The van der Waals surface area contributed by atoms with E-state index in [0.29, 0.717) is 12.3 Å². The fourth-order valence-corrected chi connectivity index (χ4v) is 3.64. The van der Waals surface area contributed by atoms with Gasteiger partial charge in [-0.3, -0.25) is 4.79 Å². The number of benzene rings is 2. The number of aromatic amines is 1. The number of methoxy groups -OCH3 is 1. The van der Waals surface area contributed by atoms with E-state index in [1.165, 1.54) is 10.9 Å². The van der Waals surface area contributed by atoms with Crippen LogP contribution in [0.25, 0.3) is 27.4 Å². The molecule has 4 aromatic rings. The van der Waals surface area contributed by atoms with E-state index in [-0.39, 0.29) is 5.91 Å². The van der Waals surface area contributed by atoms with Gasteiger partial charge in [-0.15, -0.1) is 0 Å². The largest absolute Gasteiger partial charge is 0.496 e. The summed E-state index contributed by atoms with van der Waals surface area (Å²) in [7, 11) is 1.62. The minimum Gasteiger partial charge on any atom is -0.496 e. The van der Waals surface area contributed by atoms with Gasteiger partial charge in [0.2, 0.25) is 5.91 Å². The minimum absolute atomic E-state index is 0.117. The molecule has 2 heterocycles. The van der Waals surface area contributed by atoms with E-state index in [2.05, 4.69) is 22.4 Å². The third kappa shape index (κ3) is 3.76. The van der Waals surface area contributed by atoms with E-state index in [1.807, 2.05) is 44.3 Å². The van der Waals surface area contributed by atoms with Crippen LogP contribution in [-0.2, 0) is 11.2 Å². The maximum atomic E-state index is 12.4. The van der Waals surface area contributed by atoms with Gasteiger partial charge in [-0.2, -0.15) is 0 Å². The molecule has 1 amide bonds. The van der Waals surface area contributed by atoms with Gasteiger partial charge < -0.3 is 19.5 Å². The van der Waals surface area contributed by atoms with Crippen LogP contribution in [0.4, 0.5) is 0 Å². The van der Waals surface area contributed by atoms with Crippen LogP contribution in [0.15, 0.2) is 59.4 Å². The van der Waals surface area contributed by atoms with Gasteiger partial charge in [-0.05, 0) is 49.1 Å². The van der Waals surface area contributed by atoms with Crippen molar-refractivity contribution in [1.29, 1.82) is 0 Å². The monoisotopic (exact) mass is 388 g/mol. The second-order valence-electron chi connectivity index (χ2n) is 7.20. The Morgan fingerprint density at radius 2 is 2.07 bits per heavy atom. The first-order valence-electron chi connectivity index (χ1n) is 9.64. The number of ether oxygens (including phenoxy) is 1. The molecule has 0 aliphatic rings. The Hall–Kier alpha value is -3.47. The predicted molar refractivity (Wildman–Crippen MR) is 116 cm³/mol. The maximum Gasteiger partial charge on any atom is 0.244 e. The van der Waals surface area contributed by atoms with Crippen molar-refractivity contribution in [3.8, 4) is 5.75 Å². The Morgan fingerprint density at radius 3 is 2.90 bits per heavy atom.